The summed E-state index contributed by atoms with van der Waals surface area (Å²) in [5.41, 5.74) is 0.864. The Bertz CT molecular complexity index is 662. The zero-order valence-electron chi connectivity index (χ0n) is 11.0. The van der Waals surface area contributed by atoms with Crippen molar-refractivity contribution in [2.75, 3.05) is 13.6 Å². The molecule has 0 aromatic carbocycles. The molecule has 0 aliphatic heterocycles. The van der Waals surface area contributed by atoms with Gasteiger partial charge in [-0.05, 0) is 6.92 Å². The zero-order chi connectivity index (χ0) is 14.2. The Morgan fingerprint density at radius 2 is 2.26 bits per heavy atom. The maximum atomic E-state index is 12.2. The average molecular weight is 262 g/mol. The summed E-state index contributed by atoms with van der Waals surface area (Å²) in [6, 6.07) is 1.39. The van der Waals surface area contributed by atoms with Crippen LogP contribution in [-0.4, -0.2) is 38.9 Å². The molecule has 0 aliphatic carbocycles. The summed E-state index contributed by atoms with van der Waals surface area (Å²) in [6.45, 7) is 2.43. The fourth-order valence-corrected chi connectivity index (χ4v) is 1.87. The molecule has 0 aliphatic rings. The minimum absolute atomic E-state index is 0.119. The van der Waals surface area contributed by atoms with Gasteiger partial charge < -0.3 is 9.47 Å². The summed E-state index contributed by atoms with van der Waals surface area (Å²) >= 11 is 0. The molecule has 100 valence electrons. The van der Waals surface area contributed by atoms with Gasteiger partial charge in [0.15, 0.2) is 0 Å². The van der Waals surface area contributed by atoms with Gasteiger partial charge in [-0.3, -0.25) is 14.9 Å². The van der Waals surface area contributed by atoms with E-state index in [4.69, 9.17) is 0 Å². The Morgan fingerprint density at radius 1 is 1.58 bits per heavy atom. The first-order chi connectivity index (χ1) is 8.95. The molecule has 7 nitrogen and oxygen atoms in total. The summed E-state index contributed by atoms with van der Waals surface area (Å²) in [4.78, 5) is 28.1. The molecule has 19 heavy (non-hydrogen) atoms. The number of hydrogen-bond donors (Lipinski definition) is 0. The molecule has 7 heteroatoms. The second-order valence-electron chi connectivity index (χ2n) is 4.29. The lowest BCUT2D eigenvalue weighted by Crippen LogP contribution is -2.26. The highest BCUT2D eigenvalue weighted by Crippen LogP contribution is 2.24. The number of nitrogens with zero attached hydrogens (tertiary/aromatic N) is 4. The molecular weight excluding hydrogens is 248 g/mol. The number of hydrogen-bond acceptors (Lipinski definition) is 4. The van der Waals surface area contributed by atoms with Crippen LogP contribution in [0.25, 0.3) is 11.0 Å². The molecule has 0 atom stereocenters. The van der Waals surface area contributed by atoms with Crippen molar-refractivity contribution < 1.29 is 9.72 Å². The minimum atomic E-state index is -0.517. The first-order valence-corrected chi connectivity index (χ1v) is 5.80. The summed E-state index contributed by atoms with van der Waals surface area (Å²) in [5, 5.41) is 11.3. The van der Waals surface area contributed by atoms with E-state index in [1.165, 1.54) is 12.3 Å². The highest BCUT2D eigenvalue weighted by atomic mass is 16.6. The van der Waals surface area contributed by atoms with E-state index >= 15 is 0 Å². The van der Waals surface area contributed by atoms with Crippen LogP contribution in [0.1, 0.15) is 17.3 Å². The van der Waals surface area contributed by atoms with E-state index in [1.807, 2.05) is 6.92 Å². The molecule has 2 aromatic heterocycles. The molecule has 0 bridgehead atoms. The SMILES string of the molecule is CCN(C)C(=O)c1cn(C)c2ncc([N+](=O)[O-])cc12. The van der Waals surface area contributed by atoms with Crippen molar-refractivity contribution in [3.63, 3.8) is 0 Å². The van der Waals surface area contributed by atoms with E-state index in [0.29, 0.717) is 23.1 Å². The van der Waals surface area contributed by atoms with Crippen LogP contribution in [0.4, 0.5) is 5.69 Å². The van der Waals surface area contributed by atoms with Crippen molar-refractivity contribution in [3.8, 4) is 0 Å². The summed E-state index contributed by atoms with van der Waals surface area (Å²) < 4.78 is 1.69. The normalized spacial score (nSPS) is 10.7. The number of rotatable bonds is 3. The molecule has 0 saturated heterocycles. The van der Waals surface area contributed by atoms with E-state index in [-0.39, 0.29) is 11.6 Å². The number of aryl methyl sites for hydroxylation is 1. The van der Waals surface area contributed by atoms with E-state index < -0.39 is 4.92 Å². The van der Waals surface area contributed by atoms with Gasteiger partial charge in [-0.1, -0.05) is 0 Å². The molecule has 1 amide bonds. The third-order valence-electron chi connectivity index (χ3n) is 3.06. The van der Waals surface area contributed by atoms with Gasteiger partial charge in [-0.25, -0.2) is 4.98 Å². The topological polar surface area (TPSA) is 81.3 Å². The number of pyridine rings is 1. The van der Waals surface area contributed by atoms with E-state index in [1.54, 1.807) is 29.8 Å². The smallest absolute Gasteiger partial charge is 0.288 e. The minimum Gasteiger partial charge on any atom is -0.342 e. The number of carbonyl (C=O) groups is 1. The van der Waals surface area contributed by atoms with Gasteiger partial charge in [0.1, 0.15) is 11.8 Å². The Balaban J connectivity index is 2.64. The number of carbonyl (C=O) groups excluding carboxylic acids is 1. The maximum Gasteiger partial charge on any atom is 0.288 e. The fourth-order valence-electron chi connectivity index (χ4n) is 1.87. The van der Waals surface area contributed by atoms with Crippen LogP contribution >= 0.6 is 0 Å². The van der Waals surface area contributed by atoms with Gasteiger partial charge in [-0.2, -0.15) is 0 Å². The van der Waals surface area contributed by atoms with E-state index in [2.05, 4.69) is 4.98 Å². The quantitative estimate of drug-likeness (QED) is 0.621. The predicted octanol–water partition coefficient (Wildman–Crippen LogP) is 1.57. The van der Waals surface area contributed by atoms with Crippen LogP contribution in [0.15, 0.2) is 18.5 Å². The molecule has 0 unspecified atom stereocenters. The second-order valence-corrected chi connectivity index (χ2v) is 4.29. The van der Waals surface area contributed by atoms with Crippen molar-refractivity contribution in [1.82, 2.24) is 14.5 Å². The Kier molecular flexibility index (Phi) is 3.20. The van der Waals surface area contributed by atoms with Crippen molar-refractivity contribution in [3.05, 3.63) is 34.1 Å². The standard InChI is InChI=1S/C12H14N4O3/c1-4-14(2)12(17)10-7-15(3)11-9(10)5-8(6-13-11)16(18)19/h5-7H,4H2,1-3H3. The molecule has 0 saturated carbocycles. The summed E-state index contributed by atoms with van der Waals surface area (Å²) in [7, 11) is 3.44. The third-order valence-corrected chi connectivity index (χ3v) is 3.06. The Labute approximate surface area is 109 Å². The largest absolute Gasteiger partial charge is 0.342 e. The van der Waals surface area contributed by atoms with Crippen LogP contribution in [0, 0.1) is 10.1 Å². The first-order valence-electron chi connectivity index (χ1n) is 5.80. The van der Waals surface area contributed by atoms with Gasteiger partial charge in [0.05, 0.1) is 10.5 Å². The third kappa shape index (κ3) is 2.14. The van der Waals surface area contributed by atoms with E-state index in [0.717, 1.165) is 0 Å². The zero-order valence-corrected chi connectivity index (χ0v) is 11.0. The molecular formula is C12H14N4O3. The molecule has 0 radical (unpaired) electrons. The number of nitro groups is 1. The number of fused-ring (bicyclic) bond motifs is 1. The highest BCUT2D eigenvalue weighted by molar-refractivity contribution is 6.06. The lowest BCUT2D eigenvalue weighted by molar-refractivity contribution is -0.385. The Hall–Kier alpha value is -2.44. The van der Waals surface area contributed by atoms with Gasteiger partial charge in [0, 0.05) is 38.3 Å². The van der Waals surface area contributed by atoms with Gasteiger partial charge >= 0.3 is 0 Å². The predicted molar refractivity (Wildman–Crippen MR) is 70.0 cm³/mol. The Morgan fingerprint density at radius 3 is 2.84 bits per heavy atom. The van der Waals surface area contributed by atoms with Gasteiger partial charge in [0.25, 0.3) is 11.6 Å². The van der Waals surface area contributed by atoms with Crippen LogP contribution in [0.5, 0.6) is 0 Å². The van der Waals surface area contributed by atoms with Gasteiger partial charge in [0.2, 0.25) is 0 Å². The molecule has 0 fully saturated rings. The van der Waals surface area contributed by atoms with E-state index in [9.17, 15) is 14.9 Å². The van der Waals surface area contributed by atoms with Crippen molar-refractivity contribution in [1.29, 1.82) is 0 Å². The molecule has 0 spiro atoms. The van der Waals surface area contributed by atoms with Crippen LogP contribution < -0.4 is 0 Å². The molecule has 2 rings (SSSR count). The number of amides is 1. The van der Waals surface area contributed by atoms with Gasteiger partial charge in [-0.15, -0.1) is 0 Å². The van der Waals surface area contributed by atoms with Crippen LogP contribution in [0.3, 0.4) is 0 Å². The van der Waals surface area contributed by atoms with Crippen molar-refractivity contribution in [2.45, 2.75) is 6.92 Å². The summed E-state index contributed by atoms with van der Waals surface area (Å²) in [5.74, 6) is -0.171. The van der Waals surface area contributed by atoms with Crippen LogP contribution in [0.2, 0.25) is 0 Å². The van der Waals surface area contributed by atoms with Crippen molar-refractivity contribution >= 4 is 22.6 Å². The molecule has 2 aromatic rings. The monoisotopic (exact) mass is 262 g/mol. The first kappa shape index (κ1) is 13.0. The summed E-state index contributed by atoms with van der Waals surface area (Å²) in [6.07, 6.45) is 2.84. The van der Waals surface area contributed by atoms with Crippen molar-refractivity contribution in [2.24, 2.45) is 7.05 Å². The fraction of sp³-hybridized carbons (Fsp3) is 0.333. The maximum absolute atomic E-state index is 12.2. The molecule has 2 heterocycles. The average Bonchev–Trinajstić information content (AvgIpc) is 2.73. The lowest BCUT2D eigenvalue weighted by atomic mass is 10.2. The highest BCUT2D eigenvalue weighted by Gasteiger charge is 2.19. The molecule has 0 N–H and O–H groups in total. The lowest BCUT2D eigenvalue weighted by Gasteiger charge is -2.13. The number of aromatic nitrogens is 2. The second kappa shape index (κ2) is 4.68. The van der Waals surface area contributed by atoms with Crippen LogP contribution in [-0.2, 0) is 7.05 Å².